The monoisotopic (exact) mass is 292 g/mol. The number of methoxy groups -OCH3 is 1. The number of carbonyl (C=O) groups excluding carboxylic acids is 1. The van der Waals surface area contributed by atoms with Crippen molar-refractivity contribution in [2.75, 3.05) is 24.7 Å². The average Bonchev–Trinajstić information content (AvgIpc) is 2.82. The number of halogens is 1. The first kappa shape index (κ1) is 14.8. The highest BCUT2D eigenvalue weighted by Gasteiger charge is 2.23. The van der Waals surface area contributed by atoms with Crippen LogP contribution in [-0.2, 0) is 4.74 Å². The molecule has 1 heterocycles. The SMILES string of the molecule is CCCNc1nn(-c2ccc(F)cc2)c(N)c1C(=O)OC. The first-order valence-corrected chi connectivity index (χ1v) is 6.55. The van der Waals surface area contributed by atoms with Crippen molar-refractivity contribution < 1.29 is 13.9 Å². The molecule has 0 saturated heterocycles. The number of nitrogens with two attached hydrogens (primary N) is 1. The molecule has 112 valence electrons. The predicted molar refractivity (Wildman–Crippen MR) is 78.1 cm³/mol. The van der Waals surface area contributed by atoms with Crippen LogP contribution in [-0.4, -0.2) is 29.4 Å². The van der Waals surface area contributed by atoms with Gasteiger partial charge in [0.25, 0.3) is 0 Å². The lowest BCUT2D eigenvalue weighted by molar-refractivity contribution is 0.0603. The van der Waals surface area contributed by atoms with E-state index >= 15 is 0 Å². The van der Waals surface area contributed by atoms with Crippen LogP contribution in [0.3, 0.4) is 0 Å². The van der Waals surface area contributed by atoms with E-state index in [2.05, 4.69) is 10.4 Å². The van der Waals surface area contributed by atoms with Crippen LogP contribution < -0.4 is 11.1 Å². The van der Waals surface area contributed by atoms with Gasteiger partial charge in [0.05, 0.1) is 12.8 Å². The van der Waals surface area contributed by atoms with Crippen LogP contribution >= 0.6 is 0 Å². The molecule has 0 aliphatic rings. The van der Waals surface area contributed by atoms with E-state index < -0.39 is 5.97 Å². The molecule has 0 aliphatic carbocycles. The Balaban J connectivity index is 2.49. The smallest absolute Gasteiger partial charge is 0.345 e. The van der Waals surface area contributed by atoms with E-state index in [4.69, 9.17) is 10.5 Å². The lowest BCUT2D eigenvalue weighted by atomic mass is 10.2. The Morgan fingerprint density at radius 1 is 1.43 bits per heavy atom. The van der Waals surface area contributed by atoms with Gasteiger partial charge in [0.1, 0.15) is 17.2 Å². The molecule has 0 aliphatic heterocycles. The fourth-order valence-corrected chi connectivity index (χ4v) is 1.88. The van der Waals surface area contributed by atoms with Gasteiger partial charge in [-0.15, -0.1) is 5.10 Å². The minimum atomic E-state index is -0.570. The van der Waals surface area contributed by atoms with E-state index in [1.807, 2.05) is 6.92 Å². The van der Waals surface area contributed by atoms with Gasteiger partial charge in [-0.2, -0.15) is 0 Å². The summed E-state index contributed by atoms with van der Waals surface area (Å²) >= 11 is 0. The number of aromatic nitrogens is 2. The minimum absolute atomic E-state index is 0.145. The molecule has 0 unspecified atom stereocenters. The standard InChI is InChI=1S/C14H17FN4O2/c1-3-8-17-13-11(14(20)21-2)12(16)19(18-13)10-6-4-9(15)5-7-10/h4-7H,3,8,16H2,1-2H3,(H,17,18). The molecule has 2 rings (SSSR count). The first-order valence-electron chi connectivity index (χ1n) is 6.55. The van der Waals surface area contributed by atoms with E-state index in [9.17, 15) is 9.18 Å². The number of nitrogens with one attached hydrogen (secondary N) is 1. The van der Waals surface area contributed by atoms with Crippen molar-refractivity contribution in [2.24, 2.45) is 0 Å². The molecule has 0 spiro atoms. The van der Waals surface area contributed by atoms with Gasteiger partial charge in [-0.25, -0.2) is 13.9 Å². The molecule has 3 N–H and O–H groups in total. The third-order valence-electron chi connectivity index (χ3n) is 2.92. The highest BCUT2D eigenvalue weighted by molar-refractivity contribution is 5.99. The van der Waals surface area contributed by atoms with E-state index in [1.54, 1.807) is 0 Å². The number of ether oxygens (including phenoxy) is 1. The van der Waals surface area contributed by atoms with E-state index in [0.717, 1.165) is 6.42 Å². The molecule has 0 bridgehead atoms. The van der Waals surface area contributed by atoms with Gasteiger partial charge in [0.2, 0.25) is 0 Å². The summed E-state index contributed by atoms with van der Waals surface area (Å²) in [5, 5.41) is 7.31. The van der Waals surface area contributed by atoms with Crippen molar-refractivity contribution in [1.82, 2.24) is 9.78 Å². The van der Waals surface area contributed by atoms with Crippen LogP contribution in [0.4, 0.5) is 16.0 Å². The number of benzene rings is 1. The predicted octanol–water partition coefficient (Wildman–Crippen LogP) is 2.20. The minimum Gasteiger partial charge on any atom is -0.465 e. The molecule has 1 aromatic carbocycles. The van der Waals surface area contributed by atoms with Crippen molar-refractivity contribution in [3.8, 4) is 5.69 Å². The molecule has 0 radical (unpaired) electrons. The number of esters is 1. The molecule has 0 atom stereocenters. The Hall–Kier alpha value is -2.57. The molecule has 0 amide bonds. The number of nitrogen functional groups attached to an aromatic ring is 1. The van der Waals surface area contributed by atoms with Crippen molar-refractivity contribution in [3.05, 3.63) is 35.6 Å². The summed E-state index contributed by atoms with van der Waals surface area (Å²) in [6, 6.07) is 5.66. The molecule has 1 aromatic heterocycles. The molecular weight excluding hydrogens is 275 g/mol. The quantitative estimate of drug-likeness (QED) is 0.826. The van der Waals surface area contributed by atoms with Gasteiger partial charge in [0.15, 0.2) is 5.82 Å². The maximum absolute atomic E-state index is 13.0. The summed E-state index contributed by atoms with van der Waals surface area (Å²) in [5.41, 5.74) is 6.72. The van der Waals surface area contributed by atoms with Gasteiger partial charge >= 0.3 is 5.97 Å². The van der Waals surface area contributed by atoms with Crippen molar-refractivity contribution in [2.45, 2.75) is 13.3 Å². The number of hydrogen-bond donors (Lipinski definition) is 2. The van der Waals surface area contributed by atoms with Crippen molar-refractivity contribution in [3.63, 3.8) is 0 Å². The van der Waals surface area contributed by atoms with Crippen LogP contribution in [0.5, 0.6) is 0 Å². The number of hydrogen-bond acceptors (Lipinski definition) is 5. The third-order valence-corrected chi connectivity index (χ3v) is 2.92. The third kappa shape index (κ3) is 2.96. The van der Waals surface area contributed by atoms with Crippen LogP contribution in [0.2, 0.25) is 0 Å². The zero-order valence-electron chi connectivity index (χ0n) is 11.9. The molecule has 21 heavy (non-hydrogen) atoms. The van der Waals surface area contributed by atoms with Crippen molar-refractivity contribution >= 4 is 17.6 Å². The molecule has 2 aromatic rings. The van der Waals surface area contributed by atoms with Gasteiger partial charge in [-0.05, 0) is 30.7 Å². The van der Waals surface area contributed by atoms with Gasteiger partial charge in [-0.3, -0.25) is 0 Å². The van der Waals surface area contributed by atoms with Gasteiger partial charge in [-0.1, -0.05) is 6.92 Å². The summed E-state index contributed by atoms with van der Waals surface area (Å²) in [7, 11) is 1.28. The van der Waals surface area contributed by atoms with Crippen molar-refractivity contribution in [1.29, 1.82) is 0 Å². The Morgan fingerprint density at radius 2 is 2.10 bits per heavy atom. The van der Waals surface area contributed by atoms with Crippen LogP contribution in [0.25, 0.3) is 5.69 Å². The second kappa shape index (κ2) is 6.25. The normalized spacial score (nSPS) is 10.4. The lowest BCUT2D eigenvalue weighted by Crippen LogP contribution is -2.09. The van der Waals surface area contributed by atoms with E-state index in [0.29, 0.717) is 18.1 Å². The fourth-order valence-electron chi connectivity index (χ4n) is 1.88. The average molecular weight is 292 g/mol. The zero-order chi connectivity index (χ0) is 15.4. The maximum Gasteiger partial charge on any atom is 0.345 e. The summed E-state index contributed by atoms with van der Waals surface area (Å²) in [6.07, 6.45) is 0.865. The molecule has 7 heteroatoms. The van der Waals surface area contributed by atoms with Crippen LogP contribution in [0, 0.1) is 5.82 Å². The molecular formula is C14H17FN4O2. The summed E-state index contributed by atoms with van der Waals surface area (Å²) < 4.78 is 19.1. The maximum atomic E-state index is 13.0. The Kier molecular flexibility index (Phi) is 4.42. The zero-order valence-corrected chi connectivity index (χ0v) is 11.9. The topological polar surface area (TPSA) is 82.2 Å². The number of rotatable bonds is 5. The summed E-state index contributed by atoms with van der Waals surface area (Å²) in [6.45, 7) is 2.63. The second-order valence-corrected chi connectivity index (χ2v) is 4.42. The van der Waals surface area contributed by atoms with Gasteiger partial charge < -0.3 is 15.8 Å². The summed E-state index contributed by atoms with van der Waals surface area (Å²) in [4.78, 5) is 11.9. The molecule has 0 saturated carbocycles. The van der Waals surface area contributed by atoms with Crippen LogP contribution in [0.15, 0.2) is 24.3 Å². The molecule has 6 nitrogen and oxygen atoms in total. The Bertz CT molecular complexity index is 637. The number of carbonyl (C=O) groups is 1. The summed E-state index contributed by atoms with van der Waals surface area (Å²) in [5.74, 6) is -0.431. The van der Waals surface area contributed by atoms with E-state index in [1.165, 1.54) is 36.1 Å². The van der Waals surface area contributed by atoms with E-state index in [-0.39, 0.29) is 17.2 Å². The largest absolute Gasteiger partial charge is 0.465 e. The van der Waals surface area contributed by atoms with Crippen LogP contribution in [0.1, 0.15) is 23.7 Å². The second-order valence-electron chi connectivity index (χ2n) is 4.42. The fraction of sp³-hybridized carbons (Fsp3) is 0.286. The molecule has 0 fully saturated rings. The van der Waals surface area contributed by atoms with Gasteiger partial charge in [0, 0.05) is 6.54 Å². The Morgan fingerprint density at radius 3 is 2.67 bits per heavy atom. The highest BCUT2D eigenvalue weighted by atomic mass is 19.1. The lowest BCUT2D eigenvalue weighted by Gasteiger charge is -2.04. The highest BCUT2D eigenvalue weighted by Crippen LogP contribution is 2.25. The number of nitrogens with zero attached hydrogens (tertiary/aromatic N) is 2. The Labute approximate surface area is 121 Å². The number of anilines is 2. The first-order chi connectivity index (χ1) is 10.1.